The van der Waals surface area contributed by atoms with Gasteiger partial charge in [-0.3, -0.25) is 10.4 Å². The van der Waals surface area contributed by atoms with E-state index < -0.39 is 0 Å². The molecule has 0 spiro atoms. The van der Waals surface area contributed by atoms with Gasteiger partial charge in [-0.2, -0.15) is 0 Å². The highest BCUT2D eigenvalue weighted by Crippen LogP contribution is 2.19. The number of ether oxygens (including phenoxy) is 1. The molecule has 0 aromatic heterocycles. The minimum absolute atomic E-state index is 0.466. The molecule has 15 heavy (non-hydrogen) atoms. The molecule has 1 fully saturated rings. The van der Waals surface area contributed by atoms with Crippen molar-refractivity contribution in [1.82, 2.24) is 10.7 Å². The molecule has 88 valence electrons. The molecule has 0 saturated heterocycles. The van der Waals surface area contributed by atoms with E-state index in [2.05, 4.69) is 15.7 Å². The van der Waals surface area contributed by atoms with Crippen LogP contribution >= 0.6 is 0 Å². The highest BCUT2D eigenvalue weighted by molar-refractivity contribution is 5.78. The van der Waals surface area contributed by atoms with Crippen LogP contribution in [0.15, 0.2) is 4.99 Å². The molecule has 4 N–H and O–H groups in total. The van der Waals surface area contributed by atoms with Gasteiger partial charge in [0.15, 0.2) is 0 Å². The van der Waals surface area contributed by atoms with Gasteiger partial charge in [0.2, 0.25) is 5.96 Å². The highest BCUT2D eigenvalue weighted by atomic mass is 16.5. The number of hydrogen-bond acceptors (Lipinski definition) is 3. The van der Waals surface area contributed by atoms with Crippen molar-refractivity contribution in [3.05, 3.63) is 0 Å². The van der Waals surface area contributed by atoms with Crippen LogP contribution < -0.4 is 16.6 Å². The number of nitrogens with two attached hydrogens (primary N) is 1. The molecule has 5 heteroatoms. The van der Waals surface area contributed by atoms with Gasteiger partial charge >= 0.3 is 0 Å². The van der Waals surface area contributed by atoms with Crippen LogP contribution in [-0.2, 0) is 4.74 Å². The second-order valence-corrected chi connectivity index (χ2v) is 3.77. The maximum atomic E-state index is 5.74. The average Bonchev–Trinajstić information content (AvgIpc) is 2.31. The Morgan fingerprint density at radius 3 is 2.73 bits per heavy atom. The molecule has 0 aromatic rings. The first-order valence-corrected chi connectivity index (χ1v) is 5.65. The fourth-order valence-electron chi connectivity index (χ4n) is 1.82. The Bertz CT molecular complexity index is 190. The summed E-state index contributed by atoms with van der Waals surface area (Å²) in [6, 6.07) is 0. The third kappa shape index (κ3) is 4.99. The molecule has 0 heterocycles. The van der Waals surface area contributed by atoms with E-state index in [1.165, 1.54) is 32.1 Å². The van der Waals surface area contributed by atoms with Crippen molar-refractivity contribution in [2.24, 2.45) is 10.8 Å². The van der Waals surface area contributed by atoms with Gasteiger partial charge in [0.1, 0.15) is 0 Å². The SMILES string of the molecule is CN=C(NN)NCCOC1CCCCC1. The molecule has 0 bridgehead atoms. The zero-order chi connectivity index (χ0) is 10.9. The molecule has 0 amide bonds. The van der Waals surface area contributed by atoms with Crippen LogP contribution in [0.3, 0.4) is 0 Å². The first-order valence-electron chi connectivity index (χ1n) is 5.65. The van der Waals surface area contributed by atoms with Crippen molar-refractivity contribution in [3.8, 4) is 0 Å². The molecule has 5 nitrogen and oxygen atoms in total. The minimum atomic E-state index is 0.466. The first kappa shape index (κ1) is 12.3. The lowest BCUT2D eigenvalue weighted by Crippen LogP contribution is -2.42. The van der Waals surface area contributed by atoms with E-state index >= 15 is 0 Å². The molecule has 0 radical (unpaired) electrons. The summed E-state index contributed by atoms with van der Waals surface area (Å²) in [5.41, 5.74) is 2.47. The maximum Gasteiger partial charge on any atom is 0.205 e. The van der Waals surface area contributed by atoms with E-state index in [1.807, 2.05) is 0 Å². The Morgan fingerprint density at radius 1 is 1.40 bits per heavy atom. The number of nitrogens with one attached hydrogen (secondary N) is 2. The van der Waals surface area contributed by atoms with E-state index in [0.29, 0.717) is 18.7 Å². The second-order valence-electron chi connectivity index (χ2n) is 3.77. The molecule has 1 aliphatic rings. The summed E-state index contributed by atoms with van der Waals surface area (Å²) in [6.45, 7) is 1.46. The summed E-state index contributed by atoms with van der Waals surface area (Å²) in [4.78, 5) is 3.90. The Labute approximate surface area is 91.4 Å². The van der Waals surface area contributed by atoms with Gasteiger partial charge in [-0.05, 0) is 12.8 Å². The second kappa shape index (κ2) is 7.48. The van der Waals surface area contributed by atoms with Crippen LogP contribution in [0.25, 0.3) is 0 Å². The summed E-state index contributed by atoms with van der Waals surface area (Å²) in [6.07, 6.45) is 6.87. The quantitative estimate of drug-likeness (QED) is 0.208. The van der Waals surface area contributed by atoms with Gasteiger partial charge in [0.05, 0.1) is 12.7 Å². The fourth-order valence-corrected chi connectivity index (χ4v) is 1.82. The largest absolute Gasteiger partial charge is 0.376 e. The number of guanidine groups is 1. The molecular formula is C10H22N4O. The molecule has 1 rings (SSSR count). The van der Waals surface area contributed by atoms with Gasteiger partial charge in [0.25, 0.3) is 0 Å². The summed E-state index contributed by atoms with van der Waals surface area (Å²) in [7, 11) is 1.68. The lowest BCUT2D eigenvalue weighted by atomic mass is 9.98. The lowest BCUT2D eigenvalue weighted by Gasteiger charge is -2.22. The highest BCUT2D eigenvalue weighted by Gasteiger charge is 2.12. The Hall–Kier alpha value is -0.810. The van der Waals surface area contributed by atoms with Crippen molar-refractivity contribution in [1.29, 1.82) is 0 Å². The predicted molar refractivity (Wildman–Crippen MR) is 61.5 cm³/mol. The number of hydrogen-bond donors (Lipinski definition) is 3. The molecule has 1 aliphatic carbocycles. The van der Waals surface area contributed by atoms with Crippen molar-refractivity contribution >= 4 is 5.96 Å². The van der Waals surface area contributed by atoms with Gasteiger partial charge in [-0.25, -0.2) is 5.84 Å². The average molecular weight is 214 g/mol. The number of hydrazine groups is 1. The number of rotatable bonds is 4. The van der Waals surface area contributed by atoms with E-state index in [0.717, 1.165) is 6.54 Å². The van der Waals surface area contributed by atoms with Gasteiger partial charge in [-0.1, -0.05) is 19.3 Å². The zero-order valence-corrected chi connectivity index (χ0v) is 9.46. The van der Waals surface area contributed by atoms with Crippen molar-refractivity contribution in [3.63, 3.8) is 0 Å². The zero-order valence-electron chi connectivity index (χ0n) is 9.46. The predicted octanol–water partition coefficient (Wildman–Crippen LogP) is 0.374. The number of nitrogens with zero attached hydrogens (tertiary/aromatic N) is 1. The topological polar surface area (TPSA) is 71.7 Å². The van der Waals surface area contributed by atoms with E-state index in [9.17, 15) is 0 Å². The summed E-state index contributed by atoms with van der Waals surface area (Å²) in [5, 5.41) is 3.05. The molecule has 0 unspecified atom stereocenters. The van der Waals surface area contributed by atoms with Gasteiger partial charge < -0.3 is 10.1 Å². The third-order valence-electron chi connectivity index (χ3n) is 2.66. The van der Waals surface area contributed by atoms with Gasteiger partial charge in [0, 0.05) is 13.6 Å². The van der Waals surface area contributed by atoms with Crippen LogP contribution in [0.1, 0.15) is 32.1 Å². The van der Waals surface area contributed by atoms with Crippen LogP contribution in [0.4, 0.5) is 0 Å². The third-order valence-corrected chi connectivity index (χ3v) is 2.66. The monoisotopic (exact) mass is 214 g/mol. The van der Waals surface area contributed by atoms with Crippen LogP contribution in [0.2, 0.25) is 0 Å². The van der Waals surface area contributed by atoms with Crippen molar-refractivity contribution in [2.45, 2.75) is 38.2 Å². The molecule has 1 saturated carbocycles. The number of aliphatic imine (C=N–C) groups is 1. The standard InChI is InChI=1S/C10H22N4O/c1-12-10(14-11)13-7-8-15-9-5-3-2-4-6-9/h9H,2-8,11H2,1H3,(H2,12,13,14). The van der Waals surface area contributed by atoms with Crippen molar-refractivity contribution in [2.75, 3.05) is 20.2 Å². The van der Waals surface area contributed by atoms with Crippen LogP contribution in [-0.4, -0.2) is 32.3 Å². The van der Waals surface area contributed by atoms with Crippen molar-refractivity contribution < 1.29 is 4.74 Å². The fraction of sp³-hybridized carbons (Fsp3) is 0.900. The molecule has 0 atom stereocenters. The molecule has 0 aliphatic heterocycles. The van der Waals surface area contributed by atoms with E-state index in [-0.39, 0.29) is 0 Å². The maximum absolute atomic E-state index is 5.74. The Morgan fingerprint density at radius 2 is 2.13 bits per heavy atom. The smallest absolute Gasteiger partial charge is 0.205 e. The van der Waals surface area contributed by atoms with Crippen LogP contribution in [0.5, 0.6) is 0 Å². The van der Waals surface area contributed by atoms with Gasteiger partial charge in [-0.15, -0.1) is 0 Å². The minimum Gasteiger partial charge on any atom is -0.376 e. The summed E-state index contributed by atoms with van der Waals surface area (Å²) in [5.74, 6) is 5.82. The molecule has 0 aromatic carbocycles. The first-order chi connectivity index (χ1) is 7.36. The van der Waals surface area contributed by atoms with E-state index in [1.54, 1.807) is 7.05 Å². The summed E-state index contributed by atoms with van der Waals surface area (Å²) >= 11 is 0. The lowest BCUT2D eigenvalue weighted by molar-refractivity contribution is 0.0317. The Kier molecular flexibility index (Phi) is 6.11. The summed E-state index contributed by atoms with van der Waals surface area (Å²) < 4.78 is 5.74. The Balaban J connectivity index is 2.00. The molecular weight excluding hydrogens is 192 g/mol. The van der Waals surface area contributed by atoms with Crippen LogP contribution in [0, 0.1) is 0 Å². The van der Waals surface area contributed by atoms with E-state index in [4.69, 9.17) is 10.6 Å². The normalized spacial score (nSPS) is 18.9.